The molecule has 168 valence electrons. The van der Waals surface area contributed by atoms with Gasteiger partial charge in [0.25, 0.3) is 0 Å². The van der Waals surface area contributed by atoms with Crippen LogP contribution in [0.3, 0.4) is 0 Å². The minimum atomic E-state index is -0.639. The monoisotopic (exact) mass is 426 g/mol. The zero-order valence-electron chi connectivity index (χ0n) is 19.5. The van der Waals surface area contributed by atoms with Gasteiger partial charge >= 0.3 is 0 Å². The highest BCUT2D eigenvalue weighted by Gasteiger charge is 2.28. The number of aryl methyl sites for hydroxylation is 1. The van der Waals surface area contributed by atoms with E-state index in [0.717, 1.165) is 11.1 Å². The quantitative estimate of drug-likeness (QED) is 0.630. The highest BCUT2D eigenvalue weighted by atomic mass is 19.1. The van der Waals surface area contributed by atoms with Gasteiger partial charge in [-0.15, -0.1) is 0 Å². The van der Waals surface area contributed by atoms with Gasteiger partial charge in [-0.3, -0.25) is 9.59 Å². The Morgan fingerprint density at radius 1 is 0.935 bits per heavy atom. The van der Waals surface area contributed by atoms with Gasteiger partial charge in [-0.2, -0.15) is 0 Å². The number of carbonyl (C=O) groups is 2. The van der Waals surface area contributed by atoms with Crippen LogP contribution in [0.1, 0.15) is 70.6 Å². The summed E-state index contributed by atoms with van der Waals surface area (Å²) >= 11 is 0. The molecule has 0 saturated heterocycles. The number of nitrogens with zero attached hydrogens (tertiary/aromatic N) is 1. The average molecular weight is 427 g/mol. The molecule has 0 aliphatic heterocycles. The van der Waals surface area contributed by atoms with E-state index in [2.05, 4.69) is 43.4 Å². The fourth-order valence-corrected chi connectivity index (χ4v) is 3.31. The first-order chi connectivity index (χ1) is 14.5. The smallest absolute Gasteiger partial charge is 0.242 e. The zero-order valence-corrected chi connectivity index (χ0v) is 19.5. The van der Waals surface area contributed by atoms with E-state index in [1.807, 2.05) is 20.8 Å². The molecule has 1 N–H and O–H groups in total. The Morgan fingerprint density at radius 3 is 2.00 bits per heavy atom. The lowest BCUT2D eigenvalue weighted by atomic mass is 10.00. The summed E-state index contributed by atoms with van der Waals surface area (Å²) in [6.07, 6.45) is 0.903. The van der Waals surface area contributed by atoms with E-state index in [9.17, 15) is 14.0 Å². The van der Waals surface area contributed by atoms with Gasteiger partial charge in [0.15, 0.2) is 0 Å². The number of hydrogen-bond acceptors (Lipinski definition) is 2. The number of nitrogens with one attached hydrogen (secondary N) is 1. The van der Waals surface area contributed by atoms with E-state index in [0.29, 0.717) is 18.8 Å². The van der Waals surface area contributed by atoms with Crippen molar-refractivity contribution < 1.29 is 14.0 Å². The Bertz CT molecular complexity index is 868. The molecule has 2 amide bonds. The molecule has 0 spiro atoms. The highest BCUT2D eigenvalue weighted by molar-refractivity contribution is 5.87. The Hall–Kier alpha value is -2.69. The van der Waals surface area contributed by atoms with Crippen molar-refractivity contribution in [1.29, 1.82) is 0 Å². The van der Waals surface area contributed by atoms with Crippen molar-refractivity contribution >= 4 is 11.8 Å². The lowest BCUT2D eigenvalue weighted by molar-refractivity contribution is -0.141. The minimum Gasteiger partial charge on any atom is -0.350 e. The average Bonchev–Trinajstić information content (AvgIpc) is 2.70. The fourth-order valence-electron chi connectivity index (χ4n) is 3.31. The largest absolute Gasteiger partial charge is 0.350 e. The maximum absolute atomic E-state index is 13.3. The first-order valence-electron chi connectivity index (χ1n) is 10.9. The predicted octanol–water partition coefficient (Wildman–Crippen LogP) is 5.21. The lowest BCUT2D eigenvalue weighted by Gasteiger charge is -2.31. The summed E-state index contributed by atoms with van der Waals surface area (Å²) in [5.74, 6) is -0.174. The van der Waals surface area contributed by atoms with Crippen LogP contribution in [-0.2, 0) is 22.6 Å². The van der Waals surface area contributed by atoms with Crippen molar-refractivity contribution in [2.24, 2.45) is 0 Å². The van der Waals surface area contributed by atoms with Crippen LogP contribution in [-0.4, -0.2) is 28.3 Å². The second kappa shape index (κ2) is 10.6. The summed E-state index contributed by atoms with van der Waals surface area (Å²) in [7, 11) is 0. The van der Waals surface area contributed by atoms with Crippen LogP contribution < -0.4 is 5.32 Å². The molecule has 0 bridgehead atoms. The van der Waals surface area contributed by atoms with Crippen molar-refractivity contribution in [1.82, 2.24) is 10.2 Å². The van der Waals surface area contributed by atoms with Crippen molar-refractivity contribution in [3.63, 3.8) is 0 Å². The van der Waals surface area contributed by atoms with Gasteiger partial charge < -0.3 is 10.2 Å². The molecule has 4 nitrogen and oxygen atoms in total. The Balaban J connectivity index is 2.14. The molecule has 5 heteroatoms. The molecule has 0 aliphatic rings. The first-order valence-corrected chi connectivity index (χ1v) is 10.9. The summed E-state index contributed by atoms with van der Waals surface area (Å²) < 4.78 is 13.3. The maximum atomic E-state index is 13.3. The van der Waals surface area contributed by atoms with E-state index in [-0.39, 0.29) is 24.2 Å². The Labute approximate surface area is 185 Å². The van der Waals surface area contributed by atoms with Gasteiger partial charge in [0, 0.05) is 18.5 Å². The number of benzene rings is 2. The standard InChI is InChI=1S/C26H35FN2O2/c1-18(2)22-12-7-20(8-13-22)11-16-24(30)29(17-21-9-14-23(27)15-10-21)19(3)25(31)28-26(4,5)6/h7-10,12-15,18-19H,11,16-17H2,1-6H3,(H,28,31). The maximum Gasteiger partial charge on any atom is 0.242 e. The Kier molecular flexibility index (Phi) is 8.37. The predicted molar refractivity (Wildman–Crippen MR) is 123 cm³/mol. The van der Waals surface area contributed by atoms with Crippen LogP contribution in [0, 0.1) is 5.82 Å². The molecular formula is C26H35FN2O2. The number of halogens is 1. The van der Waals surface area contributed by atoms with Crippen LogP contribution in [0.2, 0.25) is 0 Å². The molecule has 31 heavy (non-hydrogen) atoms. The van der Waals surface area contributed by atoms with Crippen molar-refractivity contribution in [2.45, 2.75) is 78.4 Å². The molecule has 0 fully saturated rings. The van der Waals surface area contributed by atoms with Crippen LogP contribution >= 0.6 is 0 Å². The molecule has 0 saturated carbocycles. The molecule has 0 heterocycles. The third-order valence-corrected chi connectivity index (χ3v) is 5.21. The van der Waals surface area contributed by atoms with Crippen molar-refractivity contribution in [2.75, 3.05) is 0 Å². The summed E-state index contributed by atoms with van der Waals surface area (Å²) in [5.41, 5.74) is 2.74. The minimum absolute atomic E-state index is 0.103. The van der Waals surface area contributed by atoms with Crippen molar-refractivity contribution in [3.8, 4) is 0 Å². The molecule has 1 atom stereocenters. The molecule has 2 aromatic carbocycles. The number of hydrogen-bond donors (Lipinski definition) is 1. The van der Waals surface area contributed by atoms with Gasteiger partial charge in [0.2, 0.25) is 11.8 Å². The summed E-state index contributed by atoms with van der Waals surface area (Å²) in [6, 6.07) is 13.7. The van der Waals surface area contributed by atoms with Crippen LogP contribution in [0.5, 0.6) is 0 Å². The van der Waals surface area contributed by atoms with E-state index in [1.54, 1.807) is 24.0 Å². The highest BCUT2D eigenvalue weighted by Crippen LogP contribution is 2.17. The number of amides is 2. The molecule has 1 unspecified atom stereocenters. The molecule has 0 radical (unpaired) electrons. The Morgan fingerprint density at radius 2 is 1.48 bits per heavy atom. The van der Waals surface area contributed by atoms with E-state index in [4.69, 9.17) is 0 Å². The third-order valence-electron chi connectivity index (χ3n) is 5.21. The van der Waals surface area contributed by atoms with Crippen LogP contribution in [0.4, 0.5) is 4.39 Å². The van der Waals surface area contributed by atoms with Gasteiger partial charge in [0.1, 0.15) is 11.9 Å². The van der Waals surface area contributed by atoms with Crippen LogP contribution in [0.25, 0.3) is 0 Å². The second-order valence-corrected chi connectivity index (χ2v) is 9.46. The van der Waals surface area contributed by atoms with E-state index in [1.165, 1.54) is 17.7 Å². The molecule has 2 aromatic rings. The van der Waals surface area contributed by atoms with Crippen LogP contribution in [0.15, 0.2) is 48.5 Å². The molecule has 0 aromatic heterocycles. The first kappa shape index (κ1) is 24.6. The fraction of sp³-hybridized carbons (Fsp3) is 0.462. The van der Waals surface area contributed by atoms with Gasteiger partial charge in [0.05, 0.1) is 0 Å². The van der Waals surface area contributed by atoms with Crippen molar-refractivity contribution in [3.05, 3.63) is 71.0 Å². The van der Waals surface area contributed by atoms with E-state index < -0.39 is 11.6 Å². The summed E-state index contributed by atoms with van der Waals surface area (Å²) in [6.45, 7) is 12.0. The summed E-state index contributed by atoms with van der Waals surface area (Å²) in [5, 5.41) is 2.95. The number of rotatable bonds is 8. The van der Waals surface area contributed by atoms with E-state index >= 15 is 0 Å². The third kappa shape index (κ3) is 7.82. The topological polar surface area (TPSA) is 49.4 Å². The second-order valence-electron chi connectivity index (χ2n) is 9.46. The van der Waals surface area contributed by atoms with Gasteiger partial charge in [-0.25, -0.2) is 4.39 Å². The molecule has 2 rings (SSSR count). The summed E-state index contributed by atoms with van der Waals surface area (Å²) in [4.78, 5) is 27.5. The number of carbonyl (C=O) groups excluding carboxylic acids is 2. The molecular weight excluding hydrogens is 391 g/mol. The SMILES string of the molecule is CC(C)c1ccc(CCC(=O)N(Cc2ccc(F)cc2)C(C)C(=O)NC(C)(C)C)cc1. The van der Waals surface area contributed by atoms with Gasteiger partial charge in [-0.05, 0) is 68.9 Å². The van der Waals surface area contributed by atoms with Gasteiger partial charge in [-0.1, -0.05) is 50.2 Å². The normalized spacial score (nSPS) is 12.5. The lowest BCUT2D eigenvalue weighted by Crippen LogP contribution is -2.52. The zero-order chi connectivity index (χ0) is 23.2. The molecule has 0 aliphatic carbocycles.